The first kappa shape index (κ1) is 9.88. The molecule has 0 aromatic rings. The van der Waals surface area contributed by atoms with Gasteiger partial charge in [-0.2, -0.15) is 0 Å². The van der Waals surface area contributed by atoms with Crippen LogP contribution in [0.25, 0.3) is 0 Å². The summed E-state index contributed by atoms with van der Waals surface area (Å²) in [6, 6.07) is 0. The molecule has 62 valence electrons. The van der Waals surface area contributed by atoms with Crippen LogP contribution in [0.5, 0.6) is 0 Å². The van der Waals surface area contributed by atoms with Gasteiger partial charge in [-0.1, -0.05) is 0 Å². The molecule has 0 aromatic carbocycles. The van der Waals surface area contributed by atoms with Crippen LogP contribution in [0.15, 0.2) is 0 Å². The average molecular weight is 147 g/mol. The quantitative estimate of drug-likeness (QED) is 0.581. The van der Waals surface area contributed by atoms with Crippen molar-refractivity contribution in [3.8, 4) is 0 Å². The molecule has 0 atom stereocenters. The van der Waals surface area contributed by atoms with Crippen molar-refractivity contribution in [1.82, 2.24) is 0 Å². The third-order valence-corrected chi connectivity index (χ3v) is 1.32. The summed E-state index contributed by atoms with van der Waals surface area (Å²) in [5, 5.41) is 8.59. The van der Waals surface area contributed by atoms with E-state index in [1.807, 2.05) is 13.8 Å². The molecule has 0 unspecified atom stereocenters. The zero-order valence-electron chi connectivity index (χ0n) is 6.76. The van der Waals surface area contributed by atoms with Gasteiger partial charge in [0.1, 0.15) is 0 Å². The van der Waals surface area contributed by atoms with Crippen LogP contribution in [0.2, 0.25) is 0 Å². The minimum Gasteiger partial charge on any atom is -0.396 e. The normalized spacial score (nSPS) is 12.0. The van der Waals surface area contributed by atoms with Crippen LogP contribution < -0.4 is 5.73 Å². The molecule has 0 amide bonds. The second kappa shape index (κ2) is 4.66. The van der Waals surface area contributed by atoms with Gasteiger partial charge in [-0.15, -0.1) is 0 Å². The monoisotopic (exact) mass is 147 g/mol. The minimum atomic E-state index is -0.228. The van der Waals surface area contributed by atoms with Gasteiger partial charge in [0.05, 0.1) is 12.2 Å². The van der Waals surface area contributed by atoms with Gasteiger partial charge in [0, 0.05) is 13.2 Å². The van der Waals surface area contributed by atoms with Gasteiger partial charge >= 0.3 is 0 Å². The van der Waals surface area contributed by atoms with Crippen molar-refractivity contribution >= 4 is 0 Å². The van der Waals surface area contributed by atoms with Crippen LogP contribution in [0.4, 0.5) is 0 Å². The van der Waals surface area contributed by atoms with Crippen LogP contribution in [-0.4, -0.2) is 30.5 Å². The topological polar surface area (TPSA) is 55.5 Å². The van der Waals surface area contributed by atoms with Crippen molar-refractivity contribution in [2.45, 2.75) is 25.9 Å². The lowest BCUT2D eigenvalue weighted by Gasteiger charge is -2.23. The van der Waals surface area contributed by atoms with Crippen molar-refractivity contribution < 1.29 is 9.84 Å². The zero-order chi connectivity index (χ0) is 8.04. The first-order valence-electron chi connectivity index (χ1n) is 3.57. The molecule has 3 heteroatoms. The third kappa shape index (κ3) is 4.73. The van der Waals surface area contributed by atoms with E-state index in [-0.39, 0.29) is 12.2 Å². The van der Waals surface area contributed by atoms with Crippen molar-refractivity contribution in [1.29, 1.82) is 0 Å². The highest BCUT2D eigenvalue weighted by atomic mass is 16.5. The Morgan fingerprint density at radius 1 is 1.50 bits per heavy atom. The Balaban J connectivity index is 3.42. The molecular weight excluding hydrogens is 130 g/mol. The van der Waals surface area contributed by atoms with Gasteiger partial charge in [0.25, 0.3) is 0 Å². The summed E-state index contributed by atoms with van der Waals surface area (Å²) in [6.07, 6.45) is 0.660. The number of hydrogen-bond acceptors (Lipinski definition) is 3. The first-order valence-corrected chi connectivity index (χ1v) is 3.57. The molecule has 3 nitrogen and oxygen atoms in total. The van der Waals surface area contributed by atoms with Crippen LogP contribution in [0.3, 0.4) is 0 Å². The number of ether oxygens (including phenoxy) is 1. The number of rotatable bonds is 5. The Morgan fingerprint density at radius 3 is 2.50 bits per heavy atom. The lowest BCUT2D eigenvalue weighted by Crippen LogP contribution is -2.28. The maximum absolute atomic E-state index is 8.59. The lowest BCUT2D eigenvalue weighted by molar-refractivity contribution is -0.0285. The van der Waals surface area contributed by atoms with Gasteiger partial charge < -0.3 is 15.6 Å². The van der Waals surface area contributed by atoms with E-state index in [0.29, 0.717) is 19.6 Å². The molecule has 0 aromatic heterocycles. The lowest BCUT2D eigenvalue weighted by atomic mass is 10.1. The number of aliphatic hydroxyl groups excluding tert-OH is 1. The van der Waals surface area contributed by atoms with Crippen molar-refractivity contribution in [2.75, 3.05) is 19.8 Å². The smallest absolute Gasteiger partial charge is 0.0649 e. The summed E-state index contributed by atoms with van der Waals surface area (Å²) >= 11 is 0. The van der Waals surface area contributed by atoms with E-state index >= 15 is 0 Å². The fourth-order valence-corrected chi connectivity index (χ4v) is 0.677. The van der Waals surface area contributed by atoms with Crippen molar-refractivity contribution in [3.05, 3.63) is 0 Å². The SMILES string of the molecule is CC(C)(CCO)OCCN. The fourth-order valence-electron chi connectivity index (χ4n) is 0.677. The van der Waals surface area contributed by atoms with Gasteiger partial charge in [-0.25, -0.2) is 0 Å². The molecule has 10 heavy (non-hydrogen) atoms. The maximum atomic E-state index is 8.59. The van der Waals surface area contributed by atoms with Crippen molar-refractivity contribution in [2.24, 2.45) is 5.73 Å². The molecule has 0 aliphatic heterocycles. The predicted octanol–water partition coefficient (Wildman–Crippen LogP) is 0.123. The molecule has 0 rings (SSSR count). The molecule has 0 fully saturated rings. The molecule has 0 saturated heterocycles. The van der Waals surface area contributed by atoms with Gasteiger partial charge in [0.15, 0.2) is 0 Å². The summed E-state index contributed by atoms with van der Waals surface area (Å²) in [4.78, 5) is 0. The van der Waals surface area contributed by atoms with Crippen LogP contribution in [-0.2, 0) is 4.74 Å². The molecular formula is C7H17NO2. The molecule has 0 aliphatic carbocycles. The van der Waals surface area contributed by atoms with Crippen LogP contribution in [0, 0.1) is 0 Å². The molecule has 0 heterocycles. The second-order valence-electron chi connectivity index (χ2n) is 2.87. The fraction of sp³-hybridized carbons (Fsp3) is 1.00. The van der Waals surface area contributed by atoms with E-state index in [2.05, 4.69) is 0 Å². The van der Waals surface area contributed by atoms with E-state index in [1.165, 1.54) is 0 Å². The van der Waals surface area contributed by atoms with E-state index in [9.17, 15) is 0 Å². The average Bonchev–Trinajstić information content (AvgIpc) is 1.84. The summed E-state index contributed by atoms with van der Waals surface area (Å²) in [6.45, 7) is 5.15. The highest BCUT2D eigenvalue weighted by Crippen LogP contribution is 2.12. The molecule has 0 saturated carbocycles. The Bertz CT molecular complexity index is 83.7. The Morgan fingerprint density at radius 2 is 2.10 bits per heavy atom. The summed E-state index contributed by atoms with van der Waals surface area (Å²) < 4.78 is 5.33. The predicted molar refractivity (Wildman–Crippen MR) is 40.8 cm³/mol. The minimum absolute atomic E-state index is 0.164. The van der Waals surface area contributed by atoms with Gasteiger partial charge in [-0.05, 0) is 20.3 Å². The van der Waals surface area contributed by atoms with Gasteiger partial charge in [0.2, 0.25) is 0 Å². The second-order valence-corrected chi connectivity index (χ2v) is 2.87. The number of nitrogens with two attached hydrogens (primary N) is 1. The maximum Gasteiger partial charge on any atom is 0.0649 e. The molecule has 0 spiro atoms. The molecule has 0 aliphatic rings. The Kier molecular flexibility index (Phi) is 4.60. The summed E-state index contributed by atoms with van der Waals surface area (Å²) in [5.41, 5.74) is 5.02. The van der Waals surface area contributed by atoms with E-state index in [0.717, 1.165) is 0 Å². The molecule has 0 radical (unpaired) electrons. The van der Waals surface area contributed by atoms with Crippen LogP contribution >= 0.6 is 0 Å². The van der Waals surface area contributed by atoms with E-state index < -0.39 is 0 Å². The first-order chi connectivity index (χ1) is 4.62. The third-order valence-electron chi connectivity index (χ3n) is 1.32. The van der Waals surface area contributed by atoms with Gasteiger partial charge in [-0.3, -0.25) is 0 Å². The standard InChI is InChI=1S/C7H17NO2/c1-7(2,3-5-9)10-6-4-8/h9H,3-6,8H2,1-2H3. The zero-order valence-corrected chi connectivity index (χ0v) is 6.76. The largest absolute Gasteiger partial charge is 0.396 e. The summed E-state index contributed by atoms with van der Waals surface area (Å²) in [5.74, 6) is 0. The highest BCUT2D eigenvalue weighted by molar-refractivity contribution is 4.67. The number of hydrogen-bond donors (Lipinski definition) is 2. The Labute approximate surface area is 62.2 Å². The molecule has 0 bridgehead atoms. The van der Waals surface area contributed by atoms with Crippen LogP contribution in [0.1, 0.15) is 20.3 Å². The Hall–Kier alpha value is -0.120. The van der Waals surface area contributed by atoms with E-state index in [1.54, 1.807) is 0 Å². The van der Waals surface area contributed by atoms with Crippen molar-refractivity contribution in [3.63, 3.8) is 0 Å². The molecule has 3 N–H and O–H groups in total. The summed E-state index contributed by atoms with van der Waals surface area (Å²) in [7, 11) is 0. The van der Waals surface area contributed by atoms with E-state index in [4.69, 9.17) is 15.6 Å². The highest BCUT2D eigenvalue weighted by Gasteiger charge is 2.16. The number of aliphatic hydroxyl groups is 1.